The molecule has 8 nitrogen and oxygen atoms in total. The second kappa shape index (κ2) is 11.6. The summed E-state index contributed by atoms with van der Waals surface area (Å²) in [6, 6.07) is 26.0. The van der Waals surface area contributed by atoms with E-state index in [1.165, 1.54) is 12.1 Å². The number of hydrogen-bond acceptors (Lipinski definition) is 5. The molecule has 47 heavy (non-hydrogen) atoms. The van der Waals surface area contributed by atoms with E-state index in [1.807, 2.05) is 42.5 Å². The van der Waals surface area contributed by atoms with Crippen LogP contribution in [0.2, 0.25) is 0 Å². The van der Waals surface area contributed by atoms with E-state index < -0.39 is 0 Å². The Labute approximate surface area is 269 Å². The van der Waals surface area contributed by atoms with E-state index in [-0.39, 0.29) is 29.6 Å². The number of carbonyl (C=O) groups excluding carboxylic acids is 2. The van der Waals surface area contributed by atoms with Crippen LogP contribution in [-0.4, -0.2) is 41.9 Å². The predicted molar refractivity (Wildman–Crippen MR) is 180 cm³/mol. The van der Waals surface area contributed by atoms with Crippen molar-refractivity contribution in [1.29, 1.82) is 0 Å². The third kappa shape index (κ3) is 4.95. The minimum absolute atomic E-state index is 0.0145. The molecule has 1 N–H and O–H groups in total. The number of nitrogens with zero attached hydrogens (tertiary/aromatic N) is 5. The molecule has 0 unspecified atom stereocenters. The minimum Gasteiger partial charge on any atom is -0.348 e. The number of aromatic nitrogens is 5. The van der Waals surface area contributed by atoms with Crippen molar-refractivity contribution in [3.8, 4) is 22.4 Å². The number of hydrogen-bond donors (Lipinski definition) is 1. The van der Waals surface area contributed by atoms with Crippen LogP contribution in [0, 0.1) is 5.82 Å². The summed E-state index contributed by atoms with van der Waals surface area (Å²) in [5.74, 6) is -0.580. The van der Waals surface area contributed by atoms with Gasteiger partial charge in [-0.2, -0.15) is 5.10 Å². The van der Waals surface area contributed by atoms with Crippen LogP contribution < -0.4 is 5.32 Å². The maximum absolute atomic E-state index is 13.9. The second-order valence-corrected chi connectivity index (χ2v) is 12.2. The summed E-state index contributed by atoms with van der Waals surface area (Å²) in [6.45, 7) is 1.57. The van der Waals surface area contributed by atoms with Crippen LogP contribution in [0.15, 0.2) is 104 Å². The van der Waals surface area contributed by atoms with Crippen molar-refractivity contribution >= 4 is 39.0 Å². The maximum atomic E-state index is 13.9. The first-order chi connectivity index (χ1) is 23.0. The van der Waals surface area contributed by atoms with Crippen molar-refractivity contribution in [1.82, 2.24) is 29.5 Å². The molecule has 1 aliphatic rings. The molecule has 9 heteroatoms. The average molecular weight is 623 g/mol. The Morgan fingerprint density at radius 3 is 2.30 bits per heavy atom. The second-order valence-electron chi connectivity index (χ2n) is 12.2. The number of pyridine rings is 3. The molecule has 0 saturated heterocycles. The first-order valence-electron chi connectivity index (χ1n) is 15.9. The van der Waals surface area contributed by atoms with Gasteiger partial charge in [-0.05, 0) is 91.9 Å². The zero-order valence-corrected chi connectivity index (χ0v) is 25.7. The number of benzene rings is 2. The number of ketones is 1. The van der Waals surface area contributed by atoms with Crippen molar-refractivity contribution in [2.75, 3.05) is 0 Å². The highest BCUT2D eigenvalue weighted by molar-refractivity contribution is 6.14. The number of nitrogens with one attached hydrogen (secondary N) is 1. The van der Waals surface area contributed by atoms with Gasteiger partial charge in [-0.25, -0.2) is 8.91 Å². The summed E-state index contributed by atoms with van der Waals surface area (Å²) in [6.07, 6.45) is 8.42. The molecule has 5 aromatic heterocycles. The van der Waals surface area contributed by atoms with E-state index in [1.54, 1.807) is 48.2 Å². The summed E-state index contributed by atoms with van der Waals surface area (Å²) in [4.78, 5) is 35.1. The molecule has 0 spiro atoms. The fraction of sp³-hybridized carbons (Fsp3) is 0.184. The quantitative estimate of drug-likeness (QED) is 0.191. The molecule has 0 bridgehead atoms. The maximum Gasteiger partial charge on any atom is 0.270 e. The molecular formula is C38H31FN6O2. The van der Waals surface area contributed by atoms with E-state index in [4.69, 9.17) is 5.10 Å². The summed E-state index contributed by atoms with van der Waals surface area (Å²) in [5.41, 5.74) is 6.83. The van der Waals surface area contributed by atoms with Crippen LogP contribution in [0.3, 0.4) is 0 Å². The van der Waals surface area contributed by atoms with Crippen molar-refractivity contribution in [2.45, 2.75) is 44.7 Å². The number of para-hydroxylation sites is 1. The third-order valence-corrected chi connectivity index (χ3v) is 9.33. The zero-order valence-electron chi connectivity index (χ0n) is 25.7. The highest BCUT2D eigenvalue weighted by atomic mass is 19.1. The average Bonchev–Trinajstić information content (AvgIpc) is 3.66. The van der Waals surface area contributed by atoms with E-state index in [0.717, 1.165) is 69.7 Å². The number of Topliss-reactive ketones (excluding diaryl/α,β-unsaturated/α-hetero) is 1. The zero-order chi connectivity index (χ0) is 32.1. The number of carbonyl (C=O) groups is 2. The Balaban J connectivity index is 1.09. The molecule has 5 heterocycles. The minimum atomic E-state index is -0.327. The first kappa shape index (κ1) is 28.8. The number of rotatable bonds is 6. The van der Waals surface area contributed by atoms with Gasteiger partial charge in [-0.1, -0.05) is 24.3 Å². The van der Waals surface area contributed by atoms with Gasteiger partial charge in [0.05, 0.1) is 11.0 Å². The lowest BCUT2D eigenvalue weighted by Crippen LogP contribution is -2.38. The smallest absolute Gasteiger partial charge is 0.270 e. The number of fused-ring (bicyclic) bond motifs is 4. The van der Waals surface area contributed by atoms with Crippen molar-refractivity contribution in [3.05, 3.63) is 121 Å². The highest BCUT2D eigenvalue weighted by Gasteiger charge is 2.29. The standard InChI is InChI=1S/C38H31FN6O2/c1-23(46)35-37-30(19-22-41-35)29-5-2-3-6-31(29)44(37)28-15-13-27(14-16-28)42-38(47)33-8-4-7-32-34(24-17-20-40-21-18-24)36(43-45(32)33)25-9-11-26(39)12-10-25/h2-12,17-22,27-28H,13-16H2,1H3,(H,42,47). The SMILES string of the molecule is CC(=O)c1nccc2c3ccccc3n(C3CCC(NC(=O)c4cccc5c(-c6ccncc6)c(-c6ccc(F)cc6)nn45)CC3)c12. The summed E-state index contributed by atoms with van der Waals surface area (Å²) >= 11 is 0. The Morgan fingerprint density at radius 1 is 0.787 bits per heavy atom. The normalized spacial score (nSPS) is 16.6. The lowest BCUT2D eigenvalue weighted by Gasteiger charge is -2.31. The molecule has 1 aliphatic carbocycles. The van der Waals surface area contributed by atoms with Crippen molar-refractivity contribution in [2.24, 2.45) is 0 Å². The fourth-order valence-electron chi connectivity index (χ4n) is 7.18. The van der Waals surface area contributed by atoms with Gasteiger partial charge < -0.3 is 9.88 Å². The molecule has 2 aromatic carbocycles. The van der Waals surface area contributed by atoms with Crippen LogP contribution in [0.4, 0.5) is 4.39 Å². The predicted octanol–water partition coefficient (Wildman–Crippen LogP) is 7.82. The Bertz CT molecular complexity index is 2300. The van der Waals surface area contributed by atoms with E-state index in [0.29, 0.717) is 17.1 Å². The molecule has 0 atom stereocenters. The number of amides is 1. The van der Waals surface area contributed by atoms with Gasteiger partial charge in [0.1, 0.15) is 22.9 Å². The van der Waals surface area contributed by atoms with Crippen LogP contribution in [0.5, 0.6) is 0 Å². The molecule has 0 radical (unpaired) electrons. The number of halogens is 1. The first-order valence-corrected chi connectivity index (χ1v) is 15.9. The molecular weight excluding hydrogens is 591 g/mol. The summed E-state index contributed by atoms with van der Waals surface area (Å²) in [7, 11) is 0. The van der Waals surface area contributed by atoms with Crippen LogP contribution in [-0.2, 0) is 0 Å². The van der Waals surface area contributed by atoms with E-state index >= 15 is 0 Å². The van der Waals surface area contributed by atoms with Gasteiger partial charge in [0, 0.05) is 65.0 Å². The largest absolute Gasteiger partial charge is 0.348 e. The van der Waals surface area contributed by atoms with E-state index in [2.05, 4.69) is 32.0 Å². The van der Waals surface area contributed by atoms with Gasteiger partial charge in [-0.15, -0.1) is 0 Å². The Kier molecular flexibility index (Phi) is 7.09. The van der Waals surface area contributed by atoms with Gasteiger partial charge in [0.15, 0.2) is 5.78 Å². The molecule has 8 rings (SSSR count). The topological polar surface area (TPSA) is 94.2 Å². The van der Waals surface area contributed by atoms with Crippen LogP contribution >= 0.6 is 0 Å². The van der Waals surface area contributed by atoms with Gasteiger partial charge in [-0.3, -0.25) is 19.6 Å². The third-order valence-electron chi connectivity index (χ3n) is 9.33. The van der Waals surface area contributed by atoms with Gasteiger partial charge in [0.2, 0.25) is 0 Å². The van der Waals surface area contributed by atoms with Gasteiger partial charge >= 0.3 is 0 Å². The summed E-state index contributed by atoms with van der Waals surface area (Å²) < 4.78 is 17.8. The Morgan fingerprint density at radius 2 is 1.53 bits per heavy atom. The fourth-order valence-corrected chi connectivity index (χ4v) is 7.18. The monoisotopic (exact) mass is 622 g/mol. The van der Waals surface area contributed by atoms with Crippen molar-refractivity contribution in [3.63, 3.8) is 0 Å². The Hall–Kier alpha value is -5.70. The molecule has 0 aliphatic heterocycles. The highest BCUT2D eigenvalue weighted by Crippen LogP contribution is 2.39. The van der Waals surface area contributed by atoms with E-state index in [9.17, 15) is 14.0 Å². The molecule has 7 aromatic rings. The van der Waals surface area contributed by atoms with Gasteiger partial charge in [0.25, 0.3) is 5.91 Å². The molecule has 1 saturated carbocycles. The lowest BCUT2D eigenvalue weighted by atomic mass is 9.90. The molecule has 1 amide bonds. The van der Waals surface area contributed by atoms with Crippen LogP contribution in [0.1, 0.15) is 59.6 Å². The molecule has 1 fully saturated rings. The molecule has 232 valence electrons. The van der Waals surface area contributed by atoms with Crippen molar-refractivity contribution < 1.29 is 14.0 Å². The lowest BCUT2D eigenvalue weighted by molar-refractivity contribution is 0.0914. The summed E-state index contributed by atoms with van der Waals surface area (Å²) in [5, 5.41) is 10.3. The van der Waals surface area contributed by atoms with Crippen LogP contribution in [0.25, 0.3) is 49.7 Å².